The minimum Gasteiger partial charge on any atom is -0.480 e. The molecule has 2 aliphatic carbocycles. The van der Waals surface area contributed by atoms with Crippen LogP contribution >= 0.6 is 23.2 Å². The van der Waals surface area contributed by atoms with Gasteiger partial charge in [-0.3, -0.25) is 14.5 Å². The Hall–Kier alpha value is -1.30. The number of carbonyl (C=O) groups excluding carboxylic acids is 1. The average molecular weight is 371 g/mol. The van der Waals surface area contributed by atoms with Crippen LogP contribution in [-0.4, -0.2) is 47.1 Å². The fourth-order valence-corrected chi connectivity index (χ4v) is 3.63. The zero-order valence-electron chi connectivity index (χ0n) is 13.2. The van der Waals surface area contributed by atoms with Crippen LogP contribution in [0.25, 0.3) is 0 Å². The summed E-state index contributed by atoms with van der Waals surface area (Å²) in [5, 5.41) is 12.9. The SMILES string of the molecule is O=C(O)CN(CC1CC1)C1CC(NC(=O)c2cc(Cl)cc(Cl)c2)C1. The molecule has 0 radical (unpaired) electrons. The lowest BCUT2D eigenvalue weighted by Crippen LogP contribution is -2.55. The molecule has 0 aliphatic heterocycles. The number of halogens is 2. The van der Waals surface area contributed by atoms with E-state index < -0.39 is 5.97 Å². The van der Waals surface area contributed by atoms with Crippen molar-refractivity contribution in [3.8, 4) is 0 Å². The first-order valence-corrected chi connectivity index (χ1v) is 8.89. The van der Waals surface area contributed by atoms with Crippen molar-refractivity contribution < 1.29 is 14.7 Å². The first kappa shape index (κ1) is 17.5. The van der Waals surface area contributed by atoms with E-state index in [1.54, 1.807) is 18.2 Å². The minimum absolute atomic E-state index is 0.0655. The van der Waals surface area contributed by atoms with Gasteiger partial charge in [0.25, 0.3) is 5.91 Å². The maximum atomic E-state index is 12.3. The van der Waals surface area contributed by atoms with Gasteiger partial charge in [0, 0.05) is 34.2 Å². The number of nitrogens with one attached hydrogen (secondary N) is 1. The van der Waals surface area contributed by atoms with Crippen LogP contribution in [0, 0.1) is 5.92 Å². The molecule has 130 valence electrons. The van der Waals surface area contributed by atoms with Crippen LogP contribution in [-0.2, 0) is 4.79 Å². The number of carbonyl (C=O) groups is 2. The van der Waals surface area contributed by atoms with Crippen LogP contribution < -0.4 is 5.32 Å². The first-order chi connectivity index (χ1) is 11.4. The van der Waals surface area contributed by atoms with Gasteiger partial charge in [0.2, 0.25) is 0 Å². The molecule has 1 aromatic rings. The Bertz CT molecular complexity index is 622. The van der Waals surface area contributed by atoms with Crippen LogP contribution in [0.15, 0.2) is 18.2 Å². The van der Waals surface area contributed by atoms with Crippen LogP contribution in [0.1, 0.15) is 36.0 Å². The second kappa shape index (κ2) is 7.30. The molecule has 2 aliphatic rings. The molecule has 3 rings (SSSR count). The molecule has 24 heavy (non-hydrogen) atoms. The van der Waals surface area contributed by atoms with E-state index >= 15 is 0 Å². The molecule has 7 heteroatoms. The number of nitrogens with zero attached hydrogens (tertiary/aromatic N) is 1. The summed E-state index contributed by atoms with van der Waals surface area (Å²) >= 11 is 11.8. The van der Waals surface area contributed by atoms with E-state index in [4.69, 9.17) is 28.3 Å². The fourth-order valence-electron chi connectivity index (χ4n) is 3.11. The normalized spacial score (nSPS) is 23.0. The first-order valence-electron chi connectivity index (χ1n) is 8.13. The zero-order chi connectivity index (χ0) is 17.3. The summed E-state index contributed by atoms with van der Waals surface area (Å²) in [4.78, 5) is 25.3. The van der Waals surface area contributed by atoms with E-state index in [0.717, 1.165) is 19.4 Å². The fraction of sp³-hybridized carbons (Fsp3) is 0.529. The van der Waals surface area contributed by atoms with Crippen molar-refractivity contribution in [2.24, 2.45) is 5.92 Å². The highest BCUT2D eigenvalue weighted by Gasteiger charge is 2.37. The van der Waals surface area contributed by atoms with Gasteiger partial charge in [0.05, 0.1) is 6.54 Å². The Morgan fingerprint density at radius 2 is 1.79 bits per heavy atom. The molecule has 0 bridgehead atoms. The second-order valence-corrected chi connectivity index (χ2v) is 7.59. The highest BCUT2D eigenvalue weighted by molar-refractivity contribution is 6.35. The molecule has 0 heterocycles. The highest BCUT2D eigenvalue weighted by atomic mass is 35.5. The van der Waals surface area contributed by atoms with E-state index in [2.05, 4.69) is 5.32 Å². The average Bonchev–Trinajstić information content (AvgIpc) is 3.23. The number of amides is 1. The summed E-state index contributed by atoms with van der Waals surface area (Å²) < 4.78 is 0. The highest BCUT2D eigenvalue weighted by Crippen LogP contribution is 2.34. The largest absolute Gasteiger partial charge is 0.480 e. The maximum absolute atomic E-state index is 12.3. The van der Waals surface area contributed by atoms with Crippen LogP contribution in [0.2, 0.25) is 10.0 Å². The molecular formula is C17H20Cl2N2O3. The van der Waals surface area contributed by atoms with Gasteiger partial charge >= 0.3 is 5.97 Å². The van der Waals surface area contributed by atoms with Crippen molar-refractivity contribution in [1.82, 2.24) is 10.2 Å². The van der Waals surface area contributed by atoms with Crippen molar-refractivity contribution in [3.63, 3.8) is 0 Å². The molecule has 0 atom stereocenters. The van der Waals surface area contributed by atoms with Crippen LogP contribution in [0.3, 0.4) is 0 Å². The van der Waals surface area contributed by atoms with Crippen molar-refractivity contribution in [2.75, 3.05) is 13.1 Å². The standard InChI is InChI=1S/C17H20Cl2N2O3/c18-12-3-11(4-13(19)5-12)17(24)20-14-6-15(7-14)21(9-16(22)23)8-10-1-2-10/h3-5,10,14-15H,1-2,6-9H2,(H,20,24)(H,22,23). The predicted molar refractivity (Wildman–Crippen MR) is 92.7 cm³/mol. The van der Waals surface area contributed by atoms with E-state index in [1.807, 2.05) is 4.90 Å². The summed E-state index contributed by atoms with van der Waals surface area (Å²) in [5.74, 6) is -0.349. The molecule has 0 aromatic heterocycles. The number of hydrogen-bond donors (Lipinski definition) is 2. The van der Waals surface area contributed by atoms with Gasteiger partial charge in [0.1, 0.15) is 0 Å². The van der Waals surface area contributed by atoms with Crippen molar-refractivity contribution in [1.29, 1.82) is 0 Å². The van der Waals surface area contributed by atoms with Gasteiger partial charge in [-0.05, 0) is 49.8 Å². The summed E-state index contributed by atoms with van der Waals surface area (Å²) in [6, 6.07) is 5.05. The van der Waals surface area contributed by atoms with Crippen LogP contribution in [0.4, 0.5) is 0 Å². The molecule has 2 N–H and O–H groups in total. The molecule has 1 amide bonds. The molecule has 0 saturated heterocycles. The van der Waals surface area contributed by atoms with Crippen molar-refractivity contribution in [3.05, 3.63) is 33.8 Å². The van der Waals surface area contributed by atoms with Gasteiger partial charge < -0.3 is 10.4 Å². The quantitative estimate of drug-likeness (QED) is 0.773. The Kier molecular flexibility index (Phi) is 5.33. The number of hydrogen-bond acceptors (Lipinski definition) is 3. The van der Waals surface area contributed by atoms with Crippen molar-refractivity contribution in [2.45, 2.75) is 37.8 Å². The maximum Gasteiger partial charge on any atom is 0.317 e. The molecule has 5 nitrogen and oxygen atoms in total. The summed E-state index contributed by atoms with van der Waals surface area (Å²) in [5.41, 5.74) is 0.441. The third-order valence-electron chi connectivity index (χ3n) is 4.62. The lowest BCUT2D eigenvalue weighted by atomic mass is 9.85. The lowest BCUT2D eigenvalue weighted by molar-refractivity contribution is -0.139. The number of carboxylic acids is 1. The number of aliphatic carboxylic acids is 1. The third kappa shape index (κ3) is 4.62. The smallest absolute Gasteiger partial charge is 0.317 e. The zero-order valence-corrected chi connectivity index (χ0v) is 14.7. The molecule has 1 aromatic carbocycles. The molecule has 0 unspecified atom stereocenters. The summed E-state index contributed by atoms with van der Waals surface area (Å²) in [7, 11) is 0. The van der Waals surface area contributed by atoms with Crippen LogP contribution in [0.5, 0.6) is 0 Å². The van der Waals surface area contributed by atoms with E-state index in [0.29, 0.717) is 21.5 Å². The number of rotatable bonds is 7. The van der Waals surface area contributed by atoms with E-state index in [-0.39, 0.29) is 24.5 Å². The van der Waals surface area contributed by atoms with Gasteiger partial charge in [-0.1, -0.05) is 23.2 Å². The predicted octanol–water partition coefficient (Wildman–Crippen LogP) is 3.05. The number of carboxylic acid groups (broad SMARTS) is 1. The summed E-state index contributed by atoms with van der Waals surface area (Å²) in [6.45, 7) is 0.924. The minimum atomic E-state index is -0.795. The Morgan fingerprint density at radius 1 is 1.17 bits per heavy atom. The monoisotopic (exact) mass is 370 g/mol. The second-order valence-electron chi connectivity index (χ2n) is 6.72. The lowest BCUT2D eigenvalue weighted by Gasteiger charge is -2.42. The van der Waals surface area contributed by atoms with Gasteiger partial charge in [-0.2, -0.15) is 0 Å². The summed E-state index contributed by atoms with van der Waals surface area (Å²) in [6.07, 6.45) is 3.94. The van der Waals surface area contributed by atoms with Crippen molar-refractivity contribution >= 4 is 35.1 Å². The van der Waals surface area contributed by atoms with Gasteiger partial charge in [-0.25, -0.2) is 0 Å². The molecule has 0 spiro atoms. The van der Waals surface area contributed by atoms with Gasteiger partial charge in [-0.15, -0.1) is 0 Å². The molecule has 2 fully saturated rings. The number of benzene rings is 1. The topological polar surface area (TPSA) is 69.6 Å². The third-order valence-corrected chi connectivity index (χ3v) is 5.05. The van der Waals surface area contributed by atoms with E-state index in [9.17, 15) is 9.59 Å². The molecule has 2 saturated carbocycles. The Labute approximate surface area is 150 Å². The van der Waals surface area contributed by atoms with Gasteiger partial charge in [0.15, 0.2) is 0 Å². The molecular weight excluding hydrogens is 351 g/mol. The Morgan fingerprint density at radius 3 is 2.33 bits per heavy atom. The van der Waals surface area contributed by atoms with E-state index in [1.165, 1.54) is 12.8 Å². The Balaban J connectivity index is 1.51.